The minimum absolute atomic E-state index is 0.105. The van der Waals surface area contributed by atoms with Gasteiger partial charge in [-0.25, -0.2) is 4.79 Å². The molecule has 3 amide bonds. The highest BCUT2D eigenvalue weighted by atomic mass is 79.9. The fraction of sp³-hybridized carbons (Fsp3) is 0.300. The Balaban J connectivity index is 2.23. The van der Waals surface area contributed by atoms with E-state index in [4.69, 9.17) is 0 Å². The lowest BCUT2D eigenvalue weighted by Gasteiger charge is -2.22. The third-order valence-corrected chi connectivity index (χ3v) is 4.71. The van der Waals surface area contributed by atoms with E-state index in [0.717, 1.165) is 22.0 Å². The number of nitrogens with one attached hydrogen (secondary N) is 2. The van der Waals surface area contributed by atoms with Crippen LogP contribution in [0.1, 0.15) is 43.5 Å². The maximum atomic E-state index is 12.8. The number of hydrogen-bond acceptors (Lipinski definition) is 2. The molecule has 2 atom stereocenters. The lowest BCUT2D eigenvalue weighted by atomic mass is 10.00. The Hall–Kier alpha value is -2.18. The van der Waals surface area contributed by atoms with Crippen LogP contribution in [0.3, 0.4) is 0 Å². The summed E-state index contributed by atoms with van der Waals surface area (Å²) in [6, 6.07) is 16.8. The third-order valence-electron chi connectivity index (χ3n) is 4.18. The Labute approximate surface area is 162 Å². The SMILES string of the molecule is CCNC(=O)NC(=O)[C@@H]([NH2+][C@@H](CC)c1ccc(Br)cc1)c1ccccc1. The number of nitrogens with two attached hydrogens (primary N) is 1. The first-order chi connectivity index (χ1) is 12.5. The van der Waals surface area contributed by atoms with Crippen LogP contribution in [0.15, 0.2) is 59.1 Å². The summed E-state index contributed by atoms with van der Waals surface area (Å²) in [7, 11) is 0. The molecule has 2 rings (SSSR count). The van der Waals surface area contributed by atoms with E-state index in [2.05, 4.69) is 45.6 Å². The van der Waals surface area contributed by atoms with Gasteiger partial charge in [0.1, 0.15) is 6.04 Å². The first-order valence-electron chi connectivity index (χ1n) is 8.79. The summed E-state index contributed by atoms with van der Waals surface area (Å²) in [4.78, 5) is 24.5. The zero-order valence-corrected chi connectivity index (χ0v) is 16.6. The van der Waals surface area contributed by atoms with Gasteiger partial charge in [-0.1, -0.05) is 65.3 Å². The molecule has 4 N–H and O–H groups in total. The quantitative estimate of drug-likeness (QED) is 0.646. The van der Waals surface area contributed by atoms with Gasteiger partial charge in [-0.3, -0.25) is 10.1 Å². The molecule has 0 heterocycles. The highest BCUT2D eigenvalue weighted by Crippen LogP contribution is 2.18. The number of quaternary nitrogens is 1. The molecule has 0 saturated heterocycles. The Morgan fingerprint density at radius 2 is 1.65 bits per heavy atom. The van der Waals surface area contributed by atoms with Crippen LogP contribution in [-0.2, 0) is 4.79 Å². The molecule has 0 saturated carbocycles. The molecule has 0 fully saturated rings. The van der Waals surface area contributed by atoms with E-state index in [0.29, 0.717) is 6.54 Å². The van der Waals surface area contributed by atoms with Crippen molar-refractivity contribution in [3.05, 3.63) is 70.2 Å². The van der Waals surface area contributed by atoms with Gasteiger partial charge in [-0.15, -0.1) is 0 Å². The van der Waals surface area contributed by atoms with Crippen molar-refractivity contribution in [1.29, 1.82) is 0 Å². The highest BCUT2D eigenvalue weighted by molar-refractivity contribution is 9.10. The van der Waals surface area contributed by atoms with Crippen molar-refractivity contribution < 1.29 is 14.9 Å². The molecule has 26 heavy (non-hydrogen) atoms. The molecule has 0 aromatic heterocycles. The van der Waals surface area contributed by atoms with Crippen LogP contribution in [-0.4, -0.2) is 18.5 Å². The summed E-state index contributed by atoms with van der Waals surface area (Å²) in [5.41, 5.74) is 2.01. The Kier molecular flexibility index (Phi) is 7.81. The number of carbonyl (C=O) groups is 2. The maximum absolute atomic E-state index is 12.8. The van der Waals surface area contributed by atoms with E-state index in [1.165, 1.54) is 0 Å². The zero-order valence-electron chi connectivity index (χ0n) is 15.0. The van der Waals surface area contributed by atoms with E-state index in [1.54, 1.807) is 0 Å². The minimum atomic E-state index is -0.507. The predicted octanol–water partition coefficient (Wildman–Crippen LogP) is 3.05. The van der Waals surface area contributed by atoms with Crippen molar-refractivity contribution in [2.45, 2.75) is 32.4 Å². The van der Waals surface area contributed by atoms with Crippen LogP contribution in [0.2, 0.25) is 0 Å². The van der Waals surface area contributed by atoms with Crippen molar-refractivity contribution in [3.8, 4) is 0 Å². The minimum Gasteiger partial charge on any atom is -0.338 e. The van der Waals surface area contributed by atoms with Gasteiger partial charge in [0.2, 0.25) is 0 Å². The van der Waals surface area contributed by atoms with Gasteiger partial charge in [-0.05, 0) is 19.1 Å². The molecule has 2 aromatic rings. The zero-order chi connectivity index (χ0) is 18.9. The van der Waals surface area contributed by atoms with Crippen LogP contribution in [0, 0.1) is 0 Å². The fourth-order valence-electron chi connectivity index (χ4n) is 2.83. The standard InChI is InChI=1S/C20H24BrN3O2/c1-3-17(14-10-12-16(21)13-11-14)23-18(15-8-6-5-7-9-15)19(25)24-20(26)22-4-2/h5-13,17-18,23H,3-4H2,1-2H3,(H2,22,24,25,26)/p+1/t17-,18-/m0/s1. The molecular formula is C20H25BrN3O2+. The molecule has 0 aliphatic rings. The number of hydrogen-bond donors (Lipinski definition) is 3. The average molecular weight is 419 g/mol. The molecule has 6 heteroatoms. The Morgan fingerprint density at radius 1 is 1.00 bits per heavy atom. The van der Waals surface area contributed by atoms with Crippen LogP contribution in [0.25, 0.3) is 0 Å². The molecule has 0 radical (unpaired) electrons. The summed E-state index contributed by atoms with van der Waals surface area (Å²) >= 11 is 3.45. The normalized spacial score (nSPS) is 12.9. The van der Waals surface area contributed by atoms with E-state index in [9.17, 15) is 9.59 Å². The smallest absolute Gasteiger partial charge is 0.321 e. The van der Waals surface area contributed by atoms with Crippen molar-refractivity contribution in [1.82, 2.24) is 10.6 Å². The lowest BCUT2D eigenvalue weighted by Crippen LogP contribution is -2.88. The predicted molar refractivity (Wildman–Crippen MR) is 105 cm³/mol. The Bertz CT molecular complexity index is 720. The fourth-order valence-corrected chi connectivity index (χ4v) is 3.09. The van der Waals surface area contributed by atoms with Crippen LogP contribution in [0.5, 0.6) is 0 Å². The van der Waals surface area contributed by atoms with E-state index < -0.39 is 12.1 Å². The van der Waals surface area contributed by atoms with Gasteiger partial charge >= 0.3 is 6.03 Å². The summed E-state index contributed by atoms with van der Waals surface area (Å²) in [5.74, 6) is -0.322. The molecule has 0 bridgehead atoms. The van der Waals surface area contributed by atoms with Gasteiger partial charge < -0.3 is 10.6 Å². The maximum Gasteiger partial charge on any atom is 0.321 e. The third kappa shape index (κ3) is 5.68. The lowest BCUT2D eigenvalue weighted by molar-refractivity contribution is -0.722. The van der Waals surface area contributed by atoms with Gasteiger partial charge in [0.15, 0.2) is 6.04 Å². The number of halogens is 1. The van der Waals surface area contributed by atoms with Crippen molar-refractivity contribution in [2.24, 2.45) is 0 Å². The average Bonchev–Trinajstić information content (AvgIpc) is 2.64. The number of rotatable bonds is 7. The first-order valence-corrected chi connectivity index (χ1v) is 9.58. The molecule has 5 nitrogen and oxygen atoms in total. The summed E-state index contributed by atoms with van der Waals surface area (Å²) < 4.78 is 1.02. The van der Waals surface area contributed by atoms with E-state index in [-0.39, 0.29) is 11.9 Å². The van der Waals surface area contributed by atoms with Gasteiger partial charge in [0.05, 0.1) is 0 Å². The number of benzene rings is 2. The van der Waals surface area contributed by atoms with Gasteiger partial charge in [-0.2, -0.15) is 0 Å². The molecule has 138 valence electrons. The number of carbonyl (C=O) groups excluding carboxylic acids is 2. The summed E-state index contributed by atoms with van der Waals surface area (Å²) in [6.07, 6.45) is 0.861. The molecule has 0 aliphatic carbocycles. The first kappa shape index (κ1) is 20.1. The molecule has 0 aliphatic heterocycles. The van der Waals surface area contributed by atoms with Gasteiger partial charge in [0.25, 0.3) is 5.91 Å². The van der Waals surface area contributed by atoms with Crippen molar-refractivity contribution in [3.63, 3.8) is 0 Å². The van der Waals surface area contributed by atoms with Crippen LogP contribution < -0.4 is 16.0 Å². The van der Waals surface area contributed by atoms with Crippen LogP contribution >= 0.6 is 15.9 Å². The Morgan fingerprint density at radius 3 is 2.23 bits per heavy atom. The molecule has 0 spiro atoms. The largest absolute Gasteiger partial charge is 0.338 e. The number of urea groups is 1. The molecular weight excluding hydrogens is 394 g/mol. The molecule has 2 aromatic carbocycles. The van der Waals surface area contributed by atoms with Gasteiger partial charge in [0, 0.05) is 28.6 Å². The summed E-state index contributed by atoms with van der Waals surface area (Å²) in [6.45, 7) is 4.37. The van der Waals surface area contributed by atoms with Crippen molar-refractivity contribution >= 4 is 27.9 Å². The molecule has 0 unspecified atom stereocenters. The second kappa shape index (κ2) is 10.1. The highest BCUT2D eigenvalue weighted by Gasteiger charge is 2.29. The number of imide groups is 1. The monoisotopic (exact) mass is 418 g/mol. The van der Waals surface area contributed by atoms with E-state index in [1.807, 2.05) is 54.7 Å². The number of amides is 3. The second-order valence-corrected chi connectivity index (χ2v) is 6.91. The topological polar surface area (TPSA) is 74.8 Å². The van der Waals surface area contributed by atoms with Crippen LogP contribution in [0.4, 0.5) is 4.79 Å². The second-order valence-electron chi connectivity index (χ2n) is 6.00. The van der Waals surface area contributed by atoms with E-state index >= 15 is 0 Å². The summed E-state index contributed by atoms with van der Waals surface area (Å²) in [5, 5.41) is 7.06. The van der Waals surface area contributed by atoms with Crippen molar-refractivity contribution in [2.75, 3.05) is 6.54 Å².